The molecule has 0 spiro atoms. The Labute approximate surface area is 87.3 Å². The number of aliphatic hydroxyl groups excluding tert-OH is 1. The third kappa shape index (κ3) is 2.71. The highest BCUT2D eigenvalue weighted by Gasteiger charge is 2.32. The molecule has 0 aromatic carbocycles. The van der Waals surface area contributed by atoms with E-state index in [0.29, 0.717) is 11.3 Å². The second kappa shape index (κ2) is 3.82. The van der Waals surface area contributed by atoms with E-state index >= 15 is 0 Å². The van der Waals surface area contributed by atoms with Gasteiger partial charge in [0.1, 0.15) is 0 Å². The SMILES string of the molecule is CC1(C)CCN(CC(O)C2CC2)CC1. The van der Waals surface area contributed by atoms with Crippen LogP contribution in [0.25, 0.3) is 0 Å². The van der Waals surface area contributed by atoms with Gasteiger partial charge in [0.2, 0.25) is 0 Å². The number of piperidine rings is 1. The summed E-state index contributed by atoms with van der Waals surface area (Å²) in [7, 11) is 0. The van der Waals surface area contributed by atoms with Crippen LogP contribution in [0.5, 0.6) is 0 Å². The molecular formula is C12H23NO. The molecular weight excluding hydrogens is 174 g/mol. The van der Waals surface area contributed by atoms with Crippen LogP contribution in [0.3, 0.4) is 0 Å². The second-order valence-corrected chi connectivity index (χ2v) is 5.87. The Morgan fingerprint density at radius 3 is 2.36 bits per heavy atom. The van der Waals surface area contributed by atoms with Crippen molar-refractivity contribution >= 4 is 0 Å². The first-order valence-electron chi connectivity index (χ1n) is 5.97. The number of hydrogen-bond donors (Lipinski definition) is 1. The van der Waals surface area contributed by atoms with Gasteiger partial charge in [0, 0.05) is 6.54 Å². The first-order valence-corrected chi connectivity index (χ1v) is 5.97. The zero-order valence-electron chi connectivity index (χ0n) is 9.50. The van der Waals surface area contributed by atoms with Gasteiger partial charge >= 0.3 is 0 Å². The van der Waals surface area contributed by atoms with Crippen LogP contribution in [0.4, 0.5) is 0 Å². The molecule has 14 heavy (non-hydrogen) atoms. The largest absolute Gasteiger partial charge is 0.392 e. The highest BCUT2D eigenvalue weighted by Crippen LogP contribution is 2.34. The Bertz CT molecular complexity index is 188. The second-order valence-electron chi connectivity index (χ2n) is 5.87. The van der Waals surface area contributed by atoms with E-state index in [9.17, 15) is 5.11 Å². The fraction of sp³-hybridized carbons (Fsp3) is 1.00. The summed E-state index contributed by atoms with van der Waals surface area (Å²) in [5, 5.41) is 9.83. The highest BCUT2D eigenvalue weighted by atomic mass is 16.3. The number of nitrogens with zero attached hydrogens (tertiary/aromatic N) is 1. The van der Waals surface area contributed by atoms with Crippen molar-refractivity contribution in [3.8, 4) is 0 Å². The quantitative estimate of drug-likeness (QED) is 0.746. The van der Waals surface area contributed by atoms with Crippen LogP contribution in [0, 0.1) is 11.3 Å². The Kier molecular flexibility index (Phi) is 2.85. The average molecular weight is 197 g/mol. The molecule has 82 valence electrons. The summed E-state index contributed by atoms with van der Waals surface area (Å²) in [5.41, 5.74) is 0.529. The molecule has 2 nitrogen and oxygen atoms in total. The lowest BCUT2D eigenvalue weighted by Gasteiger charge is -2.37. The fourth-order valence-corrected chi connectivity index (χ4v) is 2.24. The first kappa shape index (κ1) is 10.4. The molecule has 2 heteroatoms. The molecule has 0 bridgehead atoms. The van der Waals surface area contributed by atoms with Crippen LogP contribution in [0.15, 0.2) is 0 Å². The van der Waals surface area contributed by atoms with Gasteiger partial charge in [-0.2, -0.15) is 0 Å². The van der Waals surface area contributed by atoms with Crippen LogP contribution < -0.4 is 0 Å². The standard InChI is InChI=1S/C12H23NO/c1-12(2)5-7-13(8-6-12)9-11(14)10-3-4-10/h10-11,14H,3-9H2,1-2H3. The molecule has 0 radical (unpaired) electrons. The maximum absolute atomic E-state index is 9.83. The summed E-state index contributed by atoms with van der Waals surface area (Å²) < 4.78 is 0. The van der Waals surface area contributed by atoms with Crippen LogP contribution in [-0.2, 0) is 0 Å². The number of aliphatic hydroxyl groups is 1. The number of rotatable bonds is 3. The molecule has 1 saturated heterocycles. The van der Waals surface area contributed by atoms with Crippen LogP contribution in [-0.4, -0.2) is 35.7 Å². The molecule has 0 aromatic heterocycles. The third-order valence-corrected chi connectivity index (χ3v) is 3.82. The van der Waals surface area contributed by atoms with E-state index in [-0.39, 0.29) is 6.10 Å². The van der Waals surface area contributed by atoms with Crippen molar-refractivity contribution in [2.45, 2.75) is 45.6 Å². The monoisotopic (exact) mass is 197 g/mol. The molecule has 0 aromatic rings. The predicted octanol–water partition coefficient (Wildman–Crippen LogP) is 1.88. The van der Waals surface area contributed by atoms with Crippen molar-refractivity contribution in [3.05, 3.63) is 0 Å². The number of hydrogen-bond acceptors (Lipinski definition) is 2. The van der Waals surface area contributed by atoms with Gasteiger partial charge in [-0.15, -0.1) is 0 Å². The van der Waals surface area contributed by atoms with Crippen LogP contribution in [0.1, 0.15) is 39.5 Å². The van der Waals surface area contributed by atoms with Gasteiger partial charge in [0.05, 0.1) is 6.10 Å². The molecule has 2 aliphatic rings. The van der Waals surface area contributed by atoms with E-state index in [4.69, 9.17) is 0 Å². The lowest BCUT2D eigenvalue weighted by Crippen LogP contribution is -2.41. The van der Waals surface area contributed by atoms with Gasteiger partial charge in [0.25, 0.3) is 0 Å². The van der Waals surface area contributed by atoms with Crippen LogP contribution >= 0.6 is 0 Å². The molecule has 2 rings (SSSR count). The summed E-state index contributed by atoms with van der Waals surface area (Å²) in [5.74, 6) is 0.630. The van der Waals surface area contributed by atoms with Crippen molar-refractivity contribution in [2.75, 3.05) is 19.6 Å². The van der Waals surface area contributed by atoms with E-state index in [1.807, 2.05) is 0 Å². The van der Waals surface area contributed by atoms with Crippen molar-refractivity contribution in [1.29, 1.82) is 0 Å². The third-order valence-electron chi connectivity index (χ3n) is 3.82. The smallest absolute Gasteiger partial charge is 0.0695 e. The molecule has 1 heterocycles. The van der Waals surface area contributed by atoms with E-state index < -0.39 is 0 Å². The van der Waals surface area contributed by atoms with Crippen molar-refractivity contribution in [1.82, 2.24) is 4.90 Å². The normalized spacial score (nSPS) is 30.2. The highest BCUT2D eigenvalue weighted by molar-refractivity contribution is 4.85. The van der Waals surface area contributed by atoms with Crippen molar-refractivity contribution < 1.29 is 5.11 Å². The fourth-order valence-electron chi connectivity index (χ4n) is 2.24. The van der Waals surface area contributed by atoms with Crippen molar-refractivity contribution in [3.63, 3.8) is 0 Å². The summed E-state index contributed by atoms with van der Waals surface area (Å²) in [6.45, 7) is 7.97. The van der Waals surface area contributed by atoms with Gasteiger partial charge in [0.15, 0.2) is 0 Å². The molecule has 2 fully saturated rings. The van der Waals surface area contributed by atoms with Crippen LogP contribution in [0.2, 0.25) is 0 Å². The molecule has 1 atom stereocenters. The summed E-state index contributed by atoms with van der Waals surface area (Å²) in [4.78, 5) is 2.44. The van der Waals surface area contributed by atoms with E-state index in [0.717, 1.165) is 6.54 Å². The molecule has 1 N–H and O–H groups in total. The Balaban J connectivity index is 1.72. The summed E-state index contributed by atoms with van der Waals surface area (Å²) in [6.07, 6.45) is 5.02. The summed E-state index contributed by atoms with van der Waals surface area (Å²) in [6, 6.07) is 0. The van der Waals surface area contributed by atoms with Gasteiger partial charge in [-0.1, -0.05) is 13.8 Å². The maximum Gasteiger partial charge on any atom is 0.0695 e. The van der Waals surface area contributed by atoms with Gasteiger partial charge < -0.3 is 10.0 Å². The Hall–Kier alpha value is -0.0800. The van der Waals surface area contributed by atoms with E-state index in [1.165, 1.54) is 38.8 Å². The zero-order chi connectivity index (χ0) is 10.2. The Morgan fingerprint density at radius 1 is 1.29 bits per heavy atom. The number of likely N-dealkylation sites (tertiary alicyclic amines) is 1. The van der Waals surface area contributed by atoms with Gasteiger partial charge in [-0.05, 0) is 50.1 Å². The lowest BCUT2D eigenvalue weighted by molar-refractivity contribution is 0.0600. The van der Waals surface area contributed by atoms with E-state index in [2.05, 4.69) is 18.7 Å². The average Bonchev–Trinajstić information content (AvgIpc) is 2.91. The zero-order valence-corrected chi connectivity index (χ0v) is 9.50. The summed E-state index contributed by atoms with van der Waals surface area (Å²) >= 11 is 0. The molecule has 1 aliphatic carbocycles. The molecule has 1 unspecified atom stereocenters. The molecule has 0 amide bonds. The minimum absolute atomic E-state index is 0.0452. The first-order chi connectivity index (χ1) is 6.57. The number of β-amino-alcohol motifs (C(OH)–C–C–N with tert-alkyl or cyclic N) is 1. The minimum Gasteiger partial charge on any atom is -0.392 e. The van der Waals surface area contributed by atoms with Crippen molar-refractivity contribution in [2.24, 2.45) is 11.3 Å². The Morgan fingerprint density at radius 2 is 1.86 bits per heavy atom. The maximum atomic E-state index is 9.83. The van der Waals surface area contributed by atoms with Gasteiger partial charge in [-0.3, -0.25) is 0 Å². The van der Waals surface area contributed by atoms with E-state index in [1.54, 1.807) is 0 Å². The predicted molar refractivity (Wildman–Crippen MR) is 58.2 cm³/mol. The lowest BCUT2D eigenvalue weighted by atomic mass is 9.82. The molecule has 1 saturated carbocycles. The molecule has 1 aliphatic heterocycles. The van der Waals surface area contributed by atoms with Gasteiger partial charge in [-0.25, -0.2) is 0 Å². The minimum atomic E-state index is -0.0452. The topological polar surface area (TPSA) is 23.5 Å².